The smallest absolute Gasteiger partial charge is 0.397 e. The Balaban J connectivity index is 2.90. The van der Waals surface area contributed by atoms with E-state index in [1.165, 1.54) is 11.8 Å². The van der Waals surface area contributed by atoms with Crippen molar-refractivity contribution < 1.29 is 18.0 Å². The molecule has 1 atom stereocenters. The lowest BCUT2D eigenvalue weighted by atomic mass is 10.1. The van der Waals surface area contributed by atoms with E-state index in [1.54, 1.807) is 13.2 Å². The third-order valence-electron chi connectivity index (χ3n) is 2.36. The van der Waals surface area contributed by atoms with Crippen molar-refractivity contribution in [3.63, 3.8) is 0 Å². The van der Waals surface area contributed by atoms with Crippen molar-refractivity contribution >= 4 is 29.0 Å². The predicted molar refractivity (Wildman–Crippen MR) is 67.5 cm³/mol. The molecule has 0 aromatic heterocycles. The lowest BCUT2D eigenvalue weighted by Gasteiger charge is -2.13. The van der Waals surface area contributed by atoms with Crippen LogP contribution in [0.5, 0.6) is 0 Å². The van der Waals surface area contributed by atoms with E-state index in [9.17, 15) is 18.0 Å². The Labute approximate surface area is 107 Å². The average Bonchev–Trinajstić information content (AvgIpc) is 2.29. The normalized spacial score (nSPS) is 13.2. The van der Waals surface area contributed by atoms with Crippen LogP contribution in [-0.2, 0) is 11.0 Å². The van der Waals surface area contributed by atoms with Crippen molar-refractivity contribution in [3.8, 4) is 0 Å². The molecule has 0 fully saturated rings. The van der Waals surface area contributed by atoms with Crippen LogP contribution in [0.3, 0.4) is 0 Å². The summed E-state index contributed by atoms with van der Waals surface area (Å²) in [6.45, 7) is 1.69. The number of anilines is 2. The minimum absolute atomic E-state index is 0.105. The van der Waals surface area contributed by atoms with Gasteiger partial charge in [-0.3, -0.25) is 4.79 Å². The van der Waals surface area contributed by atoms with Gasteiger partial charge in [0.05, 0.1) is 22.2 Å². The third-order valence-corrected chi connectivity index (χ3v) is 3.28. The van der Waals surface area contributed by atoms with Crippen LogP contribution in [0.1, 0.15) is 12.5 Å². The Morgan fingerprint density at radius 3 is 2.50 bits per heavy atom. The molecule has 3 nitrogen and oxygen atoms in total. The number of amides is 1. The van der Waals surface area contributed by atoms with Gasteiger partial charge in [-0.15, -0.1) is 0 Å². The number of nitrogens with two attached hydrogens (primary N) is 1. The molecule has 0 aliphatic heterocycles. The molecule has 0 aliphatic rings. The summed E-state index contributed by atoms with van der Waals surface area (Å²) < 4.78 is 37.2. The van der Waals surface area contributed by atoms with Crippen molar-refractivity contribution in [3.05, 3.63) is 23.8 Å². The van der Waals surface area contributed by atoms with E-state index in [0.717, 1.165) is 18.2 Å². The highest BCUT2D eigenvalue weighted by atomic mass is 32.2. The van der Waals surface area contributed by atoms with Crippen LogP contribution in [0.4, 0.5) is 24.5 Å². The zero-order valence-electron chi connectivity index (χ0n) is 9.84. The molecule has 3 N–H and O–H groups in total. The van der Waals surface area contributed by atoms with E-state index in [1.807, 2.05) is 0 Å². The number of hydrogen-bond acceptors (Lipinski definition) is 3. The molecule has 1 rings (SSSR count). The summed E-state index contributed by atoms with van der Waals surface area (Å²) in [4.78, 5) is 11.6. The van der Waals surface area contributed by atoms with E-state index in [0.29, 0.717) is 0 Å². The molecular weight excluding hydrogens is 265 g/mol. The number of carbonyl (C=O) groups is 1. The largest absolute Gasteiger partial charge is 0.416 e. The zero-order valence-corrected chi connectivity index (χ0v) is 10.7. The van der Waals surface area contributed by atoms with Crippen LogP contribution < -0.4 is 11.1 Å². The van der Waals surface area contributed by atoms with Gasteiger partial charge in [-0.1, -0.05) is 0 Å². The first-order chi connectivity index (χ1) is 8.25. The SMILES string of the molecule is CSC(C)C(=O)Nc1ccc(C(F)(F)F)cc1N. The second-order valence-electron chi connectivity index (χ2n) is 3.67. The van der Waals surface area contributed by atoms with Gasteiger partial charge in [0.2, 0.25) is 5.91 Å². The first-order valence-corrected chi connectivity index (χ1v) is 6.35. The number of rotatable bonds is 3. The van der Waals surface area contributed by atoms with E-state index < -0.39 is 11.7 Å². The Morgan fingerprint density at radius 2 is 2.06 bits per heavy atom. The number of halogens is 3. The summed E-state index contributed by atoms with van der Waals surface area (Å²) in [6.07, 6.45) is -2.68. The molecule has 1 aromatic rings. The van der Waals surface area contributed by atoms with Crippen molar-refractivity contribution in [2.24, 2.45) is 0 Å². The average molecular weight is 278 g/mol. The molecule has 1 amide bonds. The molecule has 0 heterocycles. The molecular formula is C11H13F3N2OS. The summed E-state index contributed by atoms with van der Waals surface area (Å²) in [6, 6.07) is 2.85. The minimum Gasteiger partial charge on any atom is -0.397 e. The monoisotopic (exact) mass is 278 g/mol. The van der Waals surface area contributed by atoms with Gasteiger partial charge in [0.1, 0.15) is 0 Å². The number of nitrogens with one attached hydrogen (secondary N) is 1. The molecule has 0 saturated carbocycles. The number of benzene rings is 1. The van der Waals surface area contributed by atoms with Gasteiger partial charge in [-0.2, -0.15) is 24.9 Å². The van der Waals surface area contributed by atoms with Gasteiger partial charge in [-0.05, 0) is 31.4 Å². The molecule has 7 heteroatoms. The van der Waals surface area contributed by atoms with Crippen LogP contribution in [0.25, 0.3) is 0 Å². The van der Waals surface area contributed by atoms with Crippen LogP contribution in [0.15, 0.2) is 18.2 Å². The van der Waals surface area contributed by atoms with E-state index in [-0.39, 0.29) is 22.5 Å². The highest BCUT2D eigenvalue weighted by Crippen LogP contribution is 2.32. The minimum atomic E-state index is -4.44. The molecule has 18 heavy (non-hydrogen) atoms. The van der Waals surface area contributed by atoms with Crippen molar-refractivity contribution in [1.29, 1.82) is 0 Å². The van der Waals surface area contributed by atoms with Crippen molar-refractivity contribution in [1.82, 2.24) is 0 Å². The Hall–Kier alpha value is -1.37. The molecule has 0 spiro atoms. The van der Waals surface area contributed by atoms with Gasteiger partial charge in [0.25, 0.3) is 0 Å². The molecule has 1 unspecified atom stereocenters. The molecule has 0 aliphatic carbocycles. The number of hydrogen-bond donors (Lipinski definition) is 2. The summed E-state index contributed by atoms with van der Waals surface area (Å²) in [5, 5.41) is 2.19. The highest BCUT2D eigenvalue weighted by molar-refractivity contribution is 7.99. The molecule has 100 valence electrons. The van der Waals surface area contributed by atoms with Gasteiger partial charge >= 0.3 is 6.18 Å². The predicted octanol–water partition coefficient (Wildman–Crippen LogP) is 2.98. The van der Waals surface area contributed by atoms with Crippen LogP contribution in [-0.4, -0.2) is 17.4 Å². The van der Waals surface area contributed by atoms with Gasteiger partial charge in [-0.25, -0.2) is 0 Å². The second-order valence-corrected chi connectivity index (χ2v) is 4.85. The maximum absolute atomic E-state index is 12.4. The number of carbonyl (C=O) groups excluding carboxylic acids is 1. The lowest BCUT2D eigenvalue weighted by molar-refractivity contribution is -0.137. The first-order valence-electron chi connectivity index (χ1n) is 5.06. The Kier molecular flexibility index (Phi) is 4.50. The van der Waals surface area contributed by atoms with Gasteiger partial charge in [0, 0.05) is 0 Å². The number of nitrogen functional groups attached to an aromatic ring is 1. The number of thioether (sulfide) groups is 1. The first kappa shape index (κ1) is 14.7. The van der Waals surface area contributed by atoms with Gasteiger partial charge in [0.15, 0.2) is 0 Å². The molecule has 0 saturated heterocycles. The summed E-state index contributed by atoms with van der Waals surface area (Å²) in [7, 11) is 0. The topological polar surface area (TPSA) is 55.1 Å². The van der Waals surface area contributed by atoms with Crippen LogP contribution in [0.2, 0.25) is 0 Å². The molecule has 1 aromatic carbocycles. The third kappa shape index (κ3) is 3.56. The van der Waals surface area contributed by atoms with Gasteiger partial charge < -0.3 is 11.1 Å². The maximum atomic E-state index is 12.4. The van der Waals surface area contributed by atoms with E-state index in [2.05, 4.69) is 5.32 Å². The molecule has 0 radical (unpaired) electrons. The Bertz CT molecular complexity index is 448. The molecule has 0 bridgehead atoms. The van der Waals surface area contributed by atoms with E-state index >= 15 is 0 Å². The highest BCUT2D eigenvalue weighted by Gasteiger charge is 2.30. The fraction of sp³-hybridized carbons (Fsp3) is 0.364. The van der Waals surface area contributed by atoms with E-state index in [4.69, 9.17) is 5.73 Å². The fourth-order valence-electron chi connectivity index (χ4n) is 1.19. The zero-order chi connectivity index (χ0) is 13.9. The van der Waals surface area contributed by atoms with Crippen molar-refractivity contribution in [2.75, 3.05) is 17.3 Å². The summed E-state index contributed by atoms with van der Waals surface area (Å²) in [5.74, 6) is -0.297. The maximum Gasteiger partial charge on any atom is 0.416 e. The van der Waals surface area contributed by atoms with Crippen molar-refractivity contribution in [2.45, 2.75) is 18.3 Å². The fourth-order valence-corrected chi connectivity index (χ4v) is 1.47. The van der Waals surface area contributed by atoms with Crippen LogP contribution >= 0.6 is 11.8 Å². The quantitative estimate of drug-likeness (QED) is 0.836. The van der Waals surface area contributed by atoms with Crippen LogP contribution in [0, 0.1) is 0 Å². The number of alkyl halides is 3. The lowest BCUT2D eigenvalue weighted by Crippen LogP contribution is -2.22. The second kappa shape index (κ2) is 5.51. The Morgan fingerprint density at radius 1 is 1.44 bits per heavy atom. The summed E-state index contributed by atoms with van der Waals surface area (Å²) in [5.41, 5.74) is 4.73. The summed E-state index contributed by atoms with van der Waals surface area (Å²) >= 11 is 1.33. The standard InChI is InChI=1S/C11H13F3N2OS/c1-6(18-2)10(17)16-9-4-3-7(5-8(9)15)11(12,13)14/h3-6H,15H2,1-2H3,(H,16,17).